The van der Waals surface area contributed by atoms with Crippen LogP contribution >= 0.6 is 0 Å². The number of rotatable bonds is 2. The molecule has 2 heterocycles. The Hall–Kier alpha value is -1.56. The molecule has 0 aromatic carbocycles. The summed E-state index contributed by atoms with van der Waals surface area (Å²) in [5, 5.41) is 16.1. The first-order valence-electron chi connectivity index (χ1n) is 5.43. The van der Waals surface area contributed by atoms with E-state index < -0.39 is 6.10 Å². The maximum absolute atomic E-state index is 12.0. The highest BCUT2D eigenvalue weighted by atomic mass is 16.3. The van der Waals surface area contributed by atoms with E-state index in [0.29, 0.717) is 25.2 Å². The van der Waals surface area contributed by atoms with E-state index in [-0.39, 0.29) is 11.6 Å². The number of H-pyrrole nitrogens is 1. The summed E-state index contributed by atoms with van der Waals surface area (Å²) in [5.74, 6) is -0.204. The largest absolute Gasteiger partial charge is 0.395 e. The number of aromatic amines is 1. The number of aliphatic hydroxyl groups excluding tert-OH is 1. The first-order valence-corrected chi connectivity index (χ1v) is 5.43. The number of amides is 1. The summed E-state index contributed by atoms with van der Waals surface area (Å²) >= 11 is 0. The van der Waals surface area contributed by atoms with Crippen LogP contribution in [0.5, 0.6) is 0 Å². The molecule has 1 fully saturated rings. The summed E-state index contributed by atoms with van der Waals surface area (Å²) in [5.41, 5.74) is 7.29. The fourth-order valence-electron chi connectivity index (χ4n) is 1.90. The van der Waals surface area contributed by atoms with Crippen molar-refractivity contribution in [2.45, 2.75) is 25.9 Å². The number of hydrogen-bond donors (Lipinski definition) is 3. The average Bonchev–Trinajstić information content (AvgIpc) is 2.84. The summed E-state index contributed by atoms with van der Waals surface area (Å²) < 4.78 is 0. The Bertz CT molecular complexity index is 402. The maximum atomic E-state index is 12.0. The number of anilines is 1. The van der Waals surface area contributed by atoms with Crippen LogP contribution in [0.15, 0.2) is 0 Å². The summed E-state index contributed by atoms with van der Waals surface area (Å²) in [6.45, 7) is 2.87. The van der Waals surface area contributed by atoms with Gasteiger partial charge in [0.15, 0.2) is 5.69 Å². The molecule has 0 spiro atoms. The van der Waals surface area contributed by atoms with Gasteiger partial charge in [0.25, 0.3) is 5.91 Å². The number of aliphatic hydroxyl groups is 1. The minimum atomic E-state index is -0.422. The molecule has 0 radical (unpaired) electrons. The van der Waals surface area contributed by atoms with Crippen LogP contribution in [0, 0.1) is 0 Å². The van der Waals surface area contributed by atoms with Crippen molar-refractivity contribution in [2.75, 3.05) is 18.8 Å². The third kappa shape index (κ3) is 1.76. The molecule has 88 valence electrons. The molecule has 0 bridgehead atoms. The van der Waals surface area contributed by atoms with E-state index in [1.165, 1.54) is 0 Å². The molecule has 1 aromatic rings. The van der Waals surface area contributed by atoms with E-state index in [2.05, 4.69) is 10.2 Å². The number of nitrogens with zero attached hydrogens (tertiary/aromatic N) is 2. The number of β-amino-alcohol motifs (C(OH)–C–C–N with tert-alkyl or cyclic N) is 1. The lowest BCUT2D eigenvalue weighted by Gasteiger charge is -2.13. The van der Waals surface area contributed by atoms with E-state index in [1.807, 2.05) is 6.92 Å². The molecule has 1 amide bonds. The number of nitrogens with one attached hydrogen (secondary N) is 1. The van der Waals surface area contributed by atoms with Gasteiger partial charge in [0.05, 0.1) is 17.5 Å². The van der Waals surface area contributed by atoms with Gasteiger partial charge < -0.3 is 15.7 Å². The number of nitrogen functional groups attached to an aromatic ring is 1. The van der Waals surface area contributed by atoms with Crippen LogP contribution in [0.1, 0.15) is 29.5 Å². The van der Waals surface area contributed by atoms with Crippen molar-refractivity contribution < 1.29 is 9.90 Å². The van der Waals surface area contributed by atoms with Crippen molar-refractivity contribution in [1.29, 1.82) is 0 Å². The lowest BCUT2D eigenvalue weighted by Crippen LogP contribution is -2.30. The van der Waals surface area contributed by atoms with Crippen molar-refractivity contribution in [2.24, 2.45) is 0 Å². The molecule has 0 saturated carbocycles. The quantitative estimate of drug-likeness (QED) is 0.646. The Balaban J connectivity index is 2.17. The first-order chi connectivity index (χ1) is 7.63. The Morgan fingerprint density at radius 3 is 3.00 bits per heavy atom. The predicted molar refractivity (Wildman–Crippen MR) is 58.9 cm³/mol. The third-order valence-electron chi connectivity index (χ3n) is 2.89. The van der Waals surface area contributed by atoms with Gasteiger partial charge in [-0.3, -0.25) is 9.89 Å². The fraction of sp³-hybridized carbons (Fsp3) is 0.600. The minimum absolute atomic E-state index is 0.204. The van der Waals surface area contributed by atoms with Crippen LogP contribution in [0.2, 0.25) is 0 Å². The molecular formula is C10H16N4O2. The van der Waals surface area contributed by atoms with Crippen molar-refractivity contribution in [3.05, 3.63) is 11.4 Å². The van der Waals surface area contributed by atoms with Crippen LogP contribution in [-0.4, -0.2) is 45.3 Å². The first kappa shape index (κ1) is 10.9. The number of carbonyl (C=O) groups is 1. The summed E-state index contributed by atoms with van der Waals surface area (Å²) in [4.78, 5) is 13.6. The minimum Gasteiger partial charge on any atom is -0.395 e. The number of hydrogen-bond acceptors (Lipinski definition) is 4. The number of carbonyl (C=O) groups excluding carboxylic acids is 1. The van der Waals surface area contributed by atoms with E-state index in [0.717, 1.165) is 12.1 Å². The van der Waals surface area contributed by atoms with Crippen LogP contribution in [-0.2, 0) is 6.42 Å². The smallest absolute Gasteiger partial charge is 0.276 e. The fourth-order valence-corrected chi connectivity index (χ4v) is 1.90. The van der Waals surface area contributed by atoms with Crippen molar-refractivity contribution in [3.8, 4) is 0 Å². The zero-order valence-corrected chi connectivity index (χ0v) is 9.23. The second-order valence-electron chi connectivity index (χ2n) is 4.01. The molecule has 1 aliphatic rings. The van der Waals surface area contributed by atoms with E-state index >= 15 is 0 Å². The Morgan fingerprint density at radius 2 is 2.50 bits per heavy atom. The van der Waals surface area contributed by atoms with Gasteiger partial charge in [0.1, 0.15) is 0 Å². The Labute approximate surface area is 93.4 Å². The topological polar surface area (TPSA) is 95.2 Å². The lowest BCUT2D eigenvalue weighted by atomic mass is 10.2. The van der Waals surface area contributed by atoms with E-state index in [4.69, 9.17) is 5.73 Å². The summed E-state index contributed by atoms with van der Waals surface area (Å²) in [6, 6.07) is 0. The van der Waals surface area contributed by atoms with Gasteiger partial charge in [0, 0.05) is 13.1 Å². The van der Waals surface area contributed by atoms with Crippen molar-refractivity contribution >= 4 is 11.6 Å². The van der Waals surface area contributed by atoms with Gasteiger partial charge in [-0.05, 0) is 12.8 Å². The van der Waals surface area contributed by atoms with Gasteiger partial charge in [-0.2, -0.15) is 5.10 Å². The molecule has 1 atom stereocenters. The molecule has 0 aliphatic carbocycles. The molecule has 1 unspecified atom stereocenters. The normalized spacial score (nSPS) is 20.4. The van der Waals surface area contributed by atoms with Crippen LogP contribution in [0.25, 0.3) is 0 Å². The highest BCUT2D eigenvalue weighted by molar-refractivity contribution is 5.97. The highest BCUT2D eigenvalue weighted by Crippen LogP contribution is 2.19. The molecule has 6 heteroatoms. The molecule has 1 saturated heterocycles. The second-order valence-corrected chi connectivity index (χ2v) is 4.01. The lowest BCUT2D eigenvalue weighted by molar-refractivity contribution is 0.0760. The van der Waals surface area contributed by atoms with Crippen molar-refractivity contribution in [3.63, 3.8) is 0 Å². The zero-order valence-electron chi connectivity index (χ0n) is 9.23. The number of nitrogens with two attached hydrogens (primary N) is 1. The zero-order chi connectivity index (χ0) is 11.7. The van der Waals surface area contributed by atoms with Gasteiger partial charge in [-0.1, -0.05) is 6.92 Å². The van der Waals surface area contributed by atoms with Crippen LogP contribution in [0.3, 0.4) is 0 Å². The SMILES string of the molecule is CCc1[nH]nc(C(=O)N2CCC(O)C2)c1N. The third-order valence-corrected chi connectivity index (χ3v) is 2.89. The van der Waals surface area contributed by atoms with Crippen LogP contribution < -0.4 is 5.73 Å². The highest BCUT2D eigenvalue weighted by Gasteiger charge is 2.28. The van der Waals surface area contributed by atoms with Crippen LogP contribution in [0.4, 0.5) is 5.69 Å². The van der Waals surface area contributed by atoms with Gasteiger partial charge in [0.2, 0.25) is 0 Å². The standard InChI is InChI=1S/C10H16N4O2/c1-2-7-8(11)9(13-12-7)10(16)14-4-3-6(15)5-14/h6,15H,2-5,11H2,1H3,(H,12,13). The van der Waals surface area contributed by atoms with Gasteiger partial charge >= 0.3 is 0 Å². The molecule has 16 heavy (non-hydrogen) atoms. The number of aryl methyl sites for hydroxylation is 1. The summed E-state index contributed by atoms with van der Waals surface area (Å²) in [7, 11) is 0. The maximum Gasteiger partial charge on any atom is 0.276 e. The molecule has 1 aromatic heterocycles. The molecular weight excluding hydrogens is 208 g/mol. The molecule has 1 aliphatic heterocycles. The number of likely N-dealkylation sites (tertiary alicyclic amines) is 1. The van der Waals surface area contributed by atoms with Gasteiger partial charge in [-0.25, -0.2) is 0 Å². The van der Waals surface area contributed by atoms with E-state index in [1.54, 1.807) is 4.90 Å². The average molecular weight is 224 g/mol. The molecule has 2 rings (SSSR count). The Kier molecular flexibility index (Phi) is 2.82. The molecule has 4 N–H and O–H groups in total. The van der Waals surface area contributed by atoms with Gasteiger partial charge in [-0.15, -0.1) is 0 Å². The van der Waals surface area contributed by atoms with Crippen molar-refractivity contribution in [1.82, 2.24) is 15.1 Å². The summed E-state index contributed by atoms with van der Waals surface area (Å²) in [6.07, 6.45) is 0.917. The van der Waals surface area contributed by atoms with E-state index in [9.17, 15) is 9.90 Å². The predicted octanol–water partition coefficient (Wildman–Crippen LogP) is -0.239. The second kappa shape index (κ2) is 4.13. The monoisotopic (exact) mass is 224 g/mol. The Morgan fingerprint density at radius 1 is 1.75 bits per heavy atom. The number of aromatic nitrogens is 2. The molecule has 6 nitrogen and oxygen atoms in total.